The number of benzene rings is 1. The van der Waals surface area contributed by atoms with Crippen LogP contribution in [-0.4, -0.2) is 23.5 Å². The van der Waals surface area contributed by atoms with Gasteiger partial charge in [-0.2, -0.15) is 0 Å². The van der Waals surface area contributed by atoms with Crippen LogP contribution in [0.3, 0.4) is 0 Å². The van der Waals surface area contributed by atoms with E-state index >= 15 is 0 Å². The number of hydrogen-bond donors (Lipinski definition) is 1. The molecule has 0 amide bonds. The summed E-state index contributed by atoms with van der Waals surface area (Å²) in [7, 11) is 0. The number of rotatable bonds is 8. The highest BCUT2D eigenvalue weighted by Gasteiger charge is 2.20. The van der Waals surface area contributed by atoms with E-state index < -0.39 is 0 Å². The Balaban J connectivity index is 2.76. The Labute approximate surface area is 138 Å². The topological polar surface area (TPSA) is 15.3 Å². The van der Waals surface area contributed by atoms with Crippen molar-refractivity contribution in [2.24, 2.45) is 0 Å². The second kappa shape index (κ2) is 8.72. The van der Waals surface area contributed by atoms with E-state index in [4.69, 9.17) is 0 Å². The van der Waals surface area contributed by atoms with Gasteiger partial charge in [0, 0.05) is 29.6 Å². The number of nitrogens with zero attached hydrogens (tertiary/aromatic N) is 1. The van der Waals surface area contributed by atoms with Crippen LogP contribution in [-0.2, 0) is 13.1 Å². The van der Waals surface area contributed by atoms with Crippen LogP contribution in [0.15, 0.2) is 35.3 Å². The molecule has 0 aliphatic rings. The van der Waals surface area contributed by atoms with Crippen LogP contribution in [0.2, 0.25) is 0 Å². The van der Waals surface area contributed by atoms with Crippen molar-refractivity contribution in [2.45, 2.75) is 52.7 Å². The Kier molecular flexibility index (Phi) is 7.64. The van der Waals surface area contributed by atoms with E-state index in [1.54, 1.807) is 0 Å². The van der Waals surface area contributed by atoms with Crippen molar-refractivity contribution in [1.29, 1.82) is 0 Å². The van der Waals surface area contributed by atoms with Crippen molar-refractivity contribution in [3.05, 3.63) is 46.5 Å². The molecule has 0 aliphatic heterocycles. The van der Waals surface area contributed by atoms with Crippen molar-refractivity contribution in [2.75, 3.05) is 13.1 Å². The van der Waals surface area contributed by atoms with Gasteiger partial charge in [0.15, 0.2) is 0 Å². The van der Waals surface area contributed by atoms with Gasteiger partial charge in [0.1, 0.15) is 0 Å². The normalized spacial score (nSPS) is 11.9. The molecule has 0 bridgehead atoms. The minimum Gasteiger partial charge on any atom is -0.313 e. The largest absolute Gasteiger partial charge is 0.313 e. The molecule has 0 aliphatic carbocycles. The summed E-state index contributed by atoms with van der Waals surface area (Å²) in [6.07, 6.45) is 3.14. The van der Waals surface area contributed by atoms with E-state index in [0.29, 0.717) is 0 Å². The first-order valence-electron chi connectivity index (χ1n) is 7.72. The van der Waals surface area contributed by atoms with Gasteiger partial charge in [-0.25, -0.2) is 0 Å². The lowest BCUT2D eigenvalue weighted by molar-refractivity contribution is 0.145. The summed E-state index contributed by atoms with van der Waals surface area (Å²) >= 11 is 3.72. The monoisotopic (exact) mass is 352 g/mol. The highest BCUT2D eigenvalue weighted by molar-refractivity contribution is 9.10. The Hall–Kier alpha value is -0.640. The second-order valence-corrected chi connectivity index (χ2v) is 7.30. The molecule has 0 heterocycles. The average molecular weight is 353 g/mol. The number of halogens is 1. The Morgan fingerprint density at radius 3 is 2.57 bits per heavy atom. The molecule has 21 heavy (non-hydrogen) atoms. The van der Waals surface area contributed by atoms with Gasteiger partial charge >= 0.3 is 0 Å². The van der Waals surface area contributed by atoms with Crippen molar-refractivity contribution < 1.29 is 0 Å². The highest BCUT2D eigenvalue weighted by Crippen LogP contribution is 2.24. The van der Waals surface area contributed by atoms with Crippen LogP contribution in [0, 0.1) is 0 Å². The minimum absolute atomic E-state index is 0.134. The van der Waals surface area contributed by atoms with E-state index in [9.17, 15) is 0 Å². The number of hydrogen-bond acceptors (Lipinski definition) is 2. The van der Waals surface area contributed by atoms with Gasteiger partial charge in [-0.1, -0.05) is 41.1 Å². The molecule has 0 atom stereocenters. The van der Waals surface area contributed by atoms with Crippen molar-refractivity contribution >= 4 is 15.9 Å². The molecule has 1 rings (SSSR count). The third-order valence-electron chi connectivity index (χ3n) is 3.53. The standard InChI is InChI=1S/C18H29BrN2/c1-6-10-20-13-15-8-9-16(17(19)12-15)14-21(11-7-2)18(3,4)5/h7-9,12,20H,2,6,10-11,13-14H2,1,3-5H3. The maximum absolute atomic E-state index is 3.87. The highest BCUT2D eigenvalue weighted by atomic mass is 79.9. The van der Waals surface area contributed by atoms with Crippen LogP contribution in [0.25, 0.3) is 0 Å². The van der Waals surface area contributed by atoms with Crippen molar-refractivity contribution in [3.8, 4) is 0 Å². The molecule has 0 unspecified atom stereocenters. The Bertz CT molecular complexity index is 449. The first kappa shape index (κ1) is 18.4. The van der Waals surface area contributed by atoms with Gasteiger partial charge in [-0.3, -0.25) is 4.90 Å². The van der Waals surface area contributed by atoms with Crippen molar-refractivity contribution in [1.82, 2.24) is 10.2 Å². The summed E-state index contributed by atoms with van der Waals surface area (Å²) < 4.78 is 1.19. The SMILES string of the molecule is C=CCN(Cc1ccc(CNCCC)cc1Br)C(C)(C)C. The lowest BCUT2D eigenvalue weighted by atomic mass is 10.0. The van der Waals surface area contributed by atoms with E-state index in [1.165, 1.54) is 22.0 Å². The zero-order valence-corrected chi connectivity index (χ0v) is 15.5. The van der Waals surface area contributed by atoms with Gasteiger partial charge < -0.3 is 5.32 Å². The molecule has 0 radical (unpaired) electrons. The molecule has 1 aromatic carbocycles. The smallest absolute Gasteiger partial charge is 0.0253 e. The third kappa shape index (κ3) is 6.33. The van der Waals surface area contributed by atoms with Gasteiger partial charge in [0.05, 0.1) is 0 Å². The lowest BCUT2D eigenvalue weighted by Gasteiger charge is -2.35. The minimum atomic E-state index is 0.134. The maximum Gasteiger partial charge on any atom is 0.0253 e. The molecule has 0 spiro atoms. The lowest BCUT2D eigenvalue weighted by Crippen LogP contribution is -2.40. The van der Waals surface area contributed by atoms with Gasteiger partial charge in [-0.15, -0.1) is 6.58 Å². The first-order chi connectivity index (χ1) is 9.88. The fraction of sp³-hybridized carbons (Fsp3) is 0.556. The third-order valence-corrected chi connectivity index (χ3v) is 4.27. The molecular formula is C18H29BrN2. The van der Waals surface area contributed by atoms with Gasteiger partial charge in [0.25, 0.3) is 0 Å². The predicted octanol–water partition coefficient (Wildman–Crippen LogP) is 4.74. The fourth-order valence-electron chi connectivity index (χ4n) is 2.18. The van der Waals surface area contributed by atoms with Gasteiger partial charge in [0.2, 0.25) is 0 Å². The first-order valence-corrected chi connectivity index (χ1v) is 8.51. The quantitative estimate of drug-likeness (QED) is 0.537. The van der Waals surface area contributed by atoms with E-state index in [0.717, 1.165) is 26.2 Å². The molecule has 0 aromatic heterocycles. The van der Waals surface area contributed by atoms with Crippen LogP contribution < -0.4 is 5.32 Å². The summed E-state index contributed by atoms with van der Waals surface area (Å²) in [5.74, 6) is 0. The molecule has 0 saturated carbocycles. The fourth-order valence-corrected chi connectivity index (χ4v) is 2.73. The van der Waals surface area contributed by atoms with Crippen LogP contribution >= 0.6 is 15.9 Å². The summed E-state index contributed by atoms with van der Waals surface area (Å²) in [5, 5.41) is 3.44. The molecule has 0 saturated heterocycles. The second-order valence-electron chi connectivity index (χ2n) is 6.44. The Morgan fingerprint density at radius 2 is 2.05 bits per heavy atom. The zero-order chi connectivity index (χ0) is 15.9. The molecule has 0 fully saturated rings. The molecule has 1 aromatic rings. The van der Waals surface area contributed by atoms with E-state index in [1.807, 2.05) is 6.08 Å². The zero-order valence-electron chi connectivity index (χ0n) is 13.9. The van der Waals surface area contributed by atoms with Crippen LogP contribution in [0.5, 0.6) is 0 Å². The molecule has 1 N–H and O–H groups in total. The van der Waals surface area contributed by atoms with Gasteiger partial charge in [-0.05, 0) is 50.9 Å². The molecule has 118 valence electrons. The predicted molar refractivity (Wildman–Crippen MR) is 96.5 cm³/mol. The molecule has 3 heteroatoms. The summed E-state index contributed by atoms with van der Waals surface area (Å²) in [6.45, 7) is 16.6. The summed E-state index contributed by atoms with van der Waals surface area (Å²) in [4.78, 5) is 2.43. The van der Waals surface area contributed by atoms with Crippen LogP contribution in [0.4, 0.5) is 0 Å². The van der Waals surface area contributed by atoms with Crippen LogP contribution in [0.1, 0.15) is 45.2 Å². The van der Waals surface area contributed by atoms with Crippen molar-refractivity contribution in [3.63, 3.8) is 0 Å². The van der Waals surface area contributed by atoms with E-state index in [-0.39, 0.29) is 5.54 Å². The Morgan fingerprint density at radius 1 is 1.33 bits per heavy atom. The molecular weight excluding hydrogens is 324 g/mol. The molecule has 2 nitrogen and oxygen atoms in total. The summed E-state index contributed by atoms with van der Waals surface area (Å²) in [5.41, 5.74) is 2.78. The number of nitrogens with one attached hydrogen (secondary N) is 1. The maximum atomic E-state index is 3.87. The summed E-state index contributed by atoms with van der Waals surface area (Å²) in [6, 6.07) is 6.68. The average Bonchev–Trinajstić information content (AvgIpc) is 2.40. The van der Waals surface area contributed by atoms with E-state index in [2.05, 4.69) is 78.6 Å².